The van der Waals surface area contributed by atoms with E-state index in [2.05, 4.69) is 4.84 Å². The predicted octanol–water partition coefficient (Wildman–Crippen LogP) is -0.879. The topological polar surface area (TPSA) is 98.5 Å². The molecule has 0 unspecified atom stereocenters. The minimum Gasteiger partial charge on any atom is -0.356 e. The molecule has 13 heavy (non-hydrogen) atoms. The lowest BCUT2D eigenvalue weighted by Crippen LogP contribution is -2.44. The van der Waals surface area contributed by atoms with Crippen LogP contribution in [0.25, 0.3) is 0 Å². The zero-order valence-electron chi connectivity index (χ0n) is 7.83. The highest BCUT2D eigenvalue weighted by atomic mass is 32.2. The van der Waals surface area contributed by atoms with Crippen LogP contribution in [0.3, 0.4) is 0 Å². The lowest BCUT2D eigenvalue weighted by Gasteiger charge is -2.17. The Morgan fingerprint density at radius 3 is 2.31 bits per heavy atom. The largest absolute Gasteiger partial charge is 0.356 e. The molecular formula is C6H14N2O4S. The molecule has 0 rings (SSSR count). The fourth-order valence-electron chi connectivity index (χ4n) is 0.641. The van der Waals surface area contributed by atoms with Crippen molar-refractivity contribution in [3.8, 4) is 0 Å². The molecule has 0 fully saturated rings. The van der Waals surface area contributed by atoms with Crippen LogP contribution in [0.5, 0.6) is 0 Å². The van der Waals surface area contributed by atoms with Crippen molar-refractivity contribution in [3.63, 3.8) is 0 Å². The van der Waals surface area contributed by atoms with E-state index < -0.39 is 21.5 Å². The average molecular weight is 210 g/mol. The maximum Gasteiger partial charge on any atom is 0.323 e. The molecule has 0 atom stereocenters. The predicted molar refractivity (Wildman–Crippen MR) is 47.0 cm³/mol. The number of hydrogen-bond acceptors (Lipinski definition) is 5. The Morgan fingerprint density at radius 1 is 1.54 bits per heavy atom. The van der Waals surface area contributed by atoms with Crippen LogP contribution in [0.1, 0.15) is 20.8 Å². The molecule has 0 aromatic rings. The summed E-state index contributed by atoms with van der Waals surface area (Å²) in [6, 6.07) is 0. The van der Waals surface area contributed by atoms with E-state index in [0.717, 1.165) is 6.92 Å². The minimum absolute atomic E-state index is 0.312. The van der Waals surface area contributed by atoms with Crippen LogP contribution in [-0.4, -0.2) is 25.7 Å². The van der Waals surface area contributed by atoms with Gasteiger partial charge in [0.15, 0.2) is 0 Å². The van der Waals surface area contributed by atoms with Gasteiger partial charge in [0.25, 0.3) is 0 Å². The van der Waals surface area contributed by atoms with Gasteiger partial charge in [-0.2, -0.15) is 0 Å². The second kappa shape index (κ2) is 4.03. The van der Waals surface area contributed by atoms with Crippen LogP contribution in [-0.2, 0) is 19.7 Å². The van der Waals surface area contributed by atoms with Crippen molar-refractivity contribution in [1.82, 2.24) is 4.89 Å². The van der Waals surface area contributed by atoms with Crippen LogP contribution in [0.15, 0.2) is 0 Å². The van der Waals surface area contributed by atoms with E-state index in [4.69, 9.17) is 5.73 Å². The van der Waals surface area contributed by atoms with Crippen molar-refractivity contribution in [2.75, 3.05) is 5.75 Å². The molecule has 78 valence electrons. The molecule has 0 aliphatic carbocycles. The molecule has 0 saturated carbocycles. The summed E-state index contributed by atoms with van der Waals surface area (Å²) < 4.78 is 22.2. The Labute approximate surface area is 77.4 Å². The van der Waals surface area contributed by atoms with Crippen molar-refractivity contribution in [1.29, 1.82) is 0 Å². The van der Waals surface area contributed by atoms with E-state index in [1.807, 2.05) is 0 Å². The van der Waals surface area contributed by atoms with Gasteiger partial charge in [0.1, 0.15) is 0 Å². The Hall–Kier alpha value is -0.660. The molecule has 0 amide bonds. The van der Waals surface area contributed by atoms with E-state index in [9.17, 15) is 13.2 Å². The SMILES string of the molecule is CC(=O)ONS(=O)(=O)CC(C)(C)N. The van der Waals surface area contributed by atoms with Crippen LogP contribution in [0, 0.1) is 0 Å². The lowest BCUT2D eigenvalue weighted by molar-refractivity contribution is -0.144. The molecule has 0 aliphatic heterocycles. The Kier molecular flexibility index (Phi) is 3.83. The van der Waals surface area contributed by atoms with Crippen LogP contribution in [0.4, 0.5) is 0 Å². The number of carbonyl (C=O) groups excluding carboxylic acids is 1. The third-order valence-electron chi connectivity index (χ3n) is 0.874. The minimum atomic E-state index is -3.65. The fraction of sp³-hybridized carbons (Fsp3) is 0.833. The summed E-state index contributed by atoms with van der Waals surface area (Å²) in [5.41, 5.74) is 4.60. The van der Waals surface area contributed by atoms with E-state index in [1.165, 1.54) is 0 Å². The Balaban J connectivity index is 4.19. The normalized spacial score (nSPS) is 12.6. The van der Waals surface area contributed by atoms with Crippen molar-refractivity contribution in [2.24, 2.45) is 5.73 Å². The fourth-order valence-corrected chi connectivity index (χ4v) is 1.92. The molecule has 0 spiro atoms. The number of nitrogens with one attached hydrogen (secondary N) is 1. The number of nitrogens with two attached hydrogens (primary N) is 1. The first-order valence-corrected chi connectivity index (χ1v) is 5.23. The summed E-state index contributed by atoms with van der Waals surface area (Å²) in [6.07, 6.45) is 0. The zero-order chi connectivity index (χ0) is 10.7. The maximum absolute atomic E-state index is 11.1. The quantitative estimate of drug-likeness (QED) is 0.587. The van der Waals surface area contributed by atoms with Gasteiger partial charge in [-0.05, 0) is 18.7 Å². The highest BCUT2D eigenvalue weighted by Crippen LogP contribution is 2.00. The number of sulfonamides is 1. The summed E-state index contributed by atoms with van der Waals surface area (Å²) in [6.45, 7) is 4.20. The maximum atomic E-state index is 11.1. The summed E-state index contributed by atoms with van der Waals surface area (Å²) in [4.78, 5) is 16.1. The van der Waals surface area contributed by atoms with E-state index >= 15 is 0 Å². The molecule has 0 saturated heterocycles. The second-order valence-corrected chi connectivity index (χ2v) is 5.11. The second-order valence-electron chi connectivity index (χ2n) is 3.42. The van der Waals surface area contributed by atoms with E-state index in [-0.39, 0.29) is 5.75 Å². The van der Waals surface area contributed by atoms with Crippen molar-refractivity contribution in [2.45, 2.75) is 26.3 Å². The van der Waals surface area contributed by atoms with Gasteiger partial charge in [-0.3, -0.25) is 4.79 Å². The third kappa shape index (κ3) is 7.69. The number of carbonyl (C=O) groups is 1. The molecule has 6 nitrogen and oxygen atoms in total. The molecule has 0 heterocycles. The summed E-state index contributed by atoms with van der Waals surface area (Å²) >= 11 is 0. The number of hydrogen-bond donors (Lipinski definition) is 2. The average Bonchev–Trinajstić information content (AvgIpc) is 1.78. The van der Waals surface area contributed by atoms with Crippen LogP contribution >= 0.6 is 0 Å². The Bertz CT molecular complexity index is 277. The third-order valence-corrected chi connectivity index (χ3v) is 2.34. The van der Waals surface area contributed by atoms with Gasteiger partial charge in [0.05, 0.1) is 5.75 Å². The van der Waals surface area contributed by atoms with Crippen LogP contribution < -0.4 is 10.6 Å². The molecule has 7 heteroatoms. The molecule has 0 radical (unpaired) electrons. The van der Waals surface area contributed by atoms with Gasteiger partial charge in [0, 0.05) is 12.5 Å². The molecule has 0 aromatic heterocycles. The van der Waals surface area contributed by atoms with Gasteiger partial charge < -0.3 is 10.6 Å². The van der Waals surface area contributed by atoms with Crippen molar-refractivity contribution < 1.29 is 18.0 Å². The molecular weight excluding hydrogens is 196 g/mol. The van der Waals surface area contributed by atoms with Crippen molar-refractivity contribution in [3.05, 3.63) is 0 Å². The van der Waals surface area contributed by atoms with Gasteiger partial charge in [-0.1, -0.05) is 0 Å². The van der Waals surface area contributed by atoms with Gasteiger partial charge in [-0.15, -0.1) is 0 Å². The first-order chi connectivity index (χ1) is 5.62. The van der Waals surface area contributed by atoms with Crippen LogP contribution in [0.2, 0.25) is 0 Å². The summed E-state index contributed by atoms with van der Waals surface area (Å²) in [7, 11) is -3.65. The highest BCUT2D eigenvalue weighted by Gasteiger charge is 2.22. The highest BCUT2D eigenvalue weighted by molar-refractivity contribution is 7.89. The molecule has 0 aliphatic rings. The van der Waals surface area contributed by atoms with Gasteiger partial charge in [-0.25, -0.2) is 8.42 Å². The first-order valence-electron chi connectivity index (χ1n) is 3.58. The van der Waals surface area contributed by atoms with Crippen molar-refractivity contribution >= 4 is 16.0 Å². The zero-order valence-corrected chi connectivity index (χ0v) is 8.64. The monoisotopic (exact) mass is 210 g/mol. The van der Waals surface area contributed by atoms with E-state index in [1.54, 1.807) is 18.7 Å². The summed E-state index contributed by atoms with van der Waals surface area (Å²) in [5, 5.41) is 0. The van der Waals surface area contributed by atoms with E-state index in [0.29, 0.717) is 0 Å². The van der Waals surface area contributed by atoms with Gasteiger partial charge in [0.2, 0.25) is 10.0 Å². The lowest BCUT2D eigenvalue weighted by atomic mass is 10.1. The molecule has 0 aromatic carbocycles. The standard InChI is InChI=1S/C6H14N2O4S/c1-5(9)12-8-13(10,11)4-6(2,3)7/h8H,4,7H2,1-3H3. The van der Waals surface area contributed by atoms with Gasteiger partial charge >= 0.3 is 5.97 Å². The smallest absolute Gasteiger partial charge is 0.323 e. The Morgan fingerprint density at radius 2 is 2.00 bits per heavy atom. The number of rotatable bonds is 4. The molecule has 0 bridgehead atoms. The first kappa shape index (κ1) is 12.3. The molecule has 3 N–H and O–H groups in total. The summed E-state index contributed by atoms with van der Waals surface area (Å²) in [5.74, 6) is -1.04.